The van der Waals surface area contributed by atoms with E-state index in [4.69, 9.17) is 5.73 Å². The van der Waals surface area contributed by atoms with E-state index in [9.17, 15) is 32.1 Å². The zero-order chi connectivity index (χ0) is 36.6. The van der Waals surface area contributed by atoms with E-state index >= 15 is 0 Å². The second-order valence-corrected chi connectivity index (χ2v) is 13.6. The number of hydrogen-bond acceptors (Lipinski definition) is 8. The van der Waals surface area contributed by atoms with Gasteiger partial charge in [0.1, 0.15) is 4.90 Å². The number of nitrogen functional groups attached to an aromatic ring is 1. The summed E-state index contributed by atoms with van der Waals surface area (Å²) in [5, 5.41) is 9.12. The maximum Gasteiger partial charge on any atom is 0.296 e. The Labute approximate surface area is 294 Å². The van der Waals surface area contributed by atoms with Crippen LogP contribution in [0.3, 0.4) is 0 Å². The van der Waals surface area contributed by atoms with E-state index in [-0.39, 0.29) is 52.8 Å². The average Bonchev–Trinajstić information content (AvgIpc) is 3.12. The predicted molar refractivity (Wildman–Crippen MR) is 193 cm³/mol. The Balaban J connectivity index is 1.50. The molecular formula is C39H34N4O7S. The number of carbonyl (C=O) groups excluding carboxylic acids is 4. The van der Waals surface area contributed by atoms with Crippen LogP contribution in [0.4, 0.5) is 17.1 Å². The van der Waals surface area contributed by atoms with Crippen molar-refractivity contribution in [1.82, 2.24) is 10.6 Å². The van der Waals surface area contributed by atoms with Crippen LogP contribution in [0.25, 0.3) is 0 Å². The first-order valence-electron chi connectivity index (χ1n) is 16.0. The largest absolute Gasteiger partial charge is 0.397 e. The highest BCUT2D eigenvalue weighted by molar-refractivity contribution is 7.86. The first-order valence-corrected chi connectivity index (χ1v) is 17.4. The quantitative estimate of drug-likeness (QED) is 0.0915. The van der Waals surface area contributed by atoms with Crippen LogP contribution in [-0.4, -0.2) is 36.4 Å². The molecule has 0 radical (unpaired) electrons. The Morgan fingerprint density at radius 1 is 0.667 bits per heavy atom. The number of ketones is 2. The number of amides is 2. The van der Waals surface area contributed by atoms with E-state index < -0.39 is 32.3 Å². The second-order valence-electron chi connectivity index (χ2n) is 12.2. The maximum atomic E-state index is 14.0. The van der Waals surface area contributed by atoms with Crippen molar-refractivity contribution in [1.29, 1.82) is 0 Å². The molecule has 0 heterocycles. The van der Waals surface area contributed by atoms with Crippen LogP contribution in [0.1, 0.15) is 80.4 Å². The molecule has 5 aromatic rings. The molecule has 0 aliphatic heterocycles. The highest BCUT2D eigenvalue weighted by atomic mass is 32.2. The van der Waals surface area contributed by atoms with E-state index in [0.717, 1.165) is 11.6 Å². The monoisotopic (exact) mass is 702 g/mol. The van der Waals surface area contributed by atoms with E-state index in [1.165, 1.54) is 12.1 Å². The molecule has 0 saturated heterocycles. The van der Waals surface area contributed by atoms with Gasteiger partial charge in [0.15, 0.2) is 11.6 Å². The van der Waals surface area contributed by atoms with Gasteiger partial charge in [-0.3, -0.25) is 23.7 Å². The molecule has 0 spiro atoms. The van der Waals surface area contributed by atoms with Gasteiger partial charge in [-0.2, -0.15) is 8.42 Å². The summed E-state index contributed by atoms with van der Waals surface area (Å²) in [6.07, 6.45) is 0. The Hall–Kier alpha value is -6.11. The Morgan fingerprint density at radius 3 is 1.55 bits per heavy atom. The van der Waals surface area contributed by atoms with Crippen molar-refractivity contribution >= 4 is 50.6 Å². The van der Waals surface area contributed by atoms with Crippen molar-refractivity contribution in [2.24, 2.45) is 0 Å². The Bertz CT molecular complexity index is 2290. The molecular weight excluding hydrogens is 669 g/mol. The summed E-state index contributed by atoms with van der Waals surface area (Å²) in [6.45, 7) is 5.64. The van der Waals surface area contributed by atoms with Crippen molar-refractivity contribution in [2.75, 3.05) is 11.1 Å². The third-order valence-corrected chi connectivity index (χ3v) is 10.1. The minimum absolute atomic E-state index is 0.0516. The third kappa shape index (κ3) is 6.50. The van der Waals surface area contributed by atoms with Crippen molar-refractivity contribution in [3.05, 3.63) is 152 Å². The number of rotatable bonds is 9. The number of nitrogens with one attached hydrogen (secondary N) is 3. The molecule has 6 N–H and O–H groups in total. The fourth-order valence-corrected chi connectivity index (χ4v) is 7.15. The normalized spacial score (nSPS) is 12.2. The van der Waals surface area contributed by atoms with Gasteiger partial charge in [-0.05, 0) is 78.9 Å². The van der Waals surface area contributed by atoms with Gasteiger partial charge in [0.25, 0.3) is 21.9 Å². The fourth-order valence-electron chi connectivity index (χ4n) is 6.51. The zero-order valence-electron chi connectivity index (χ0n) is 28.0. The standard InChI is InChI=1S/C39H34N4O7S/c1-21-28(19-41-38(46)24-12-6-4-7-13-24)22(2)35(23(3)29(21)20-42-39(47)25-14-8-5-9-15-25)43-30-18-31(51(48,49)50)34(40)33-32(30)36(44)26-16-10-11-17-27(26)37(33)45/h4-18,43H,19-20,40H2,1-3H3,(H,41,46)(H,42,47)(H,48,49,50). The number of carbonyl (C=O) groups is 4. The molecule has 0 saturated carbocycles. The molecule has 2 amide bonds. The molecule has 6 rings (SSSR count). The Kier molecular flexibility index (Phi) is 9.30. The molecule has 1 aliphatic carbocycles. The van der Waals surface area contributed by atoms with Gasteiger partial charge < -0.3 is 21.7 Å². The summed E-state index contributed by atoms with van der Waals surface area (Å²) in [6, 6.07) is 24.6. The van der Waals surface area contributed by atoms with E-state index in [0.29, 0.717) is 39.1 Å². The summed E-state index contributed by atoms with van der Waals surface area (Å²) < 4.78 is 35.3. The highest BCUT2D eigenvalue weighted by Gasteiger charge is 2.37. The van der Waals surface area contributed by atoms with Crippen LogP contribution in [-0.2, 0) is 23.2 Å². The lowest BCUT2D eigenvalue weighted by molar-refractivity contribution is 0.0943. The summed E-state index contributed by atoms with van der Waals surface area (Å²) in [4.78, 5) is 53.2. The lowest BCUT2D eigenvalue weighted by Gasteiger charge is -2.27. The molecule has 0 bridgehead atoms. The maximum absolute atomic E-state index is 14.0. The number of nitrogens with two attached hydrogens (primary N) is 1. The topological polar surface area (TPSA) is 185 Å². The molecule has 0 unspecified atom stereocenters. The van der Waals surface area contributed by atoms with Crippen LogP contribution >= 0.6 is 0 Å². The number of anilines is 3. The summed E-state index contributed by atoms with van der Waals surface area (Å²) >= 11 is 0. The van der Waals surface area contributed by atoms with E-state index in [1.54, 1.807) is 86.6 Å². The number of fused-ring (bicyclic) bond motifs is 2. The Morgan fingerprint density at radius 2 is 1.10 bits per heavy atom. The molecule has 5 aromatic carbocycles. The predicted octanol–water partition coefficient (Wildman–Crippen LogP) is 5.82. The van der Waals surface area contributed by atoms with Gasteiger partial charge in [-0.1, -0.05) is 60.7 Å². The number of hydrogen-bond donors (Lipinski definition) is 5. The molecule has 12 heteroatoms. The minimum atomic E-state index is -4.96. The van der Waals surface area contributed by atoms with Crippen molar-refractivity contribution in [2.45, 2.75) is 38.8 Å². The van der Waals surface area contributed by atoms with Crippen LogP contribution < -0.4 is 21.7 Å². The zero-order valence-corrected chi connectivity index (χ0v) is 28.8. The average molecular weight is 703 g/mol. The molecule has 0 fully saturated rings. The number of benzene rings is 5. The summed E-state index contributed by atoms with van der Waals surface area (Å²) in [7, 11) is -4.96. The van der Waals surface area contributed by atoms with Crippen molar-refractivity contribution in [3.63, 3.8) is 0 Å². The first-order chi connectivity index (χ1) is 24.3. The van der Waals surface area contributed by atoms with Crippen LogP contribution in [0.5, 0.6) is 0 Å². The summed E-state index contributed by atoms with van der Waals surface area (Å²) in [5.74, 6) is -1.85. The van der Waals surface area contributed by atoms with Gasteiger partial charge in [0, 0.05) is 41.0 Å². The van der Waals surface area contributed by atoms with Gasteiger partial charge in [-0.25, -0.2) is 0 Å². The first kappa shape index (κ1) is 34.7. The lowest BCUT2D eigenvalue weighted by Crippen LogP contribution is -2.27. The van der Waals surface area contributed by atoms with Crippen LogP contribution in [0, 0.1) is 20.8 Å². The van der Waals surface area contributed by atoms with Crippen molar-refractivity contribution in [3.8, 4) is 0 Å². The van der Waals surface area contributed by atoms with Gasteiger partial charge in [0.2, 0.25) is 0 Å². The molecule has 258 valence electrons. The molecule has 0 aromatic heterocycles. The molecule has 0 atom stereocenters. The molecule has 1 aliphatic rings. The van der Waals surface area contributed by atoms with E-state index in [2.05, 4.69) is 16.0 Å². The second kappa shape index (κ2) is 13.7. The third-order valence-electron chi connectivity index (χ3n) is 9.22. The molecule has 51 heavy (non-hydrogen) atoms. The lowest BCUT2D eigenvalue weighted by atomic mass is 9.82. The summed E-state index contributed by atoms with van der Waals surface area (Å²) in [5.41, 5.74) is 10.1. The highest BCUT2D eigenvalue weighted by Crippen LogP contribution is 2.42. The minimum Gasteiger partial charge on any atom is -0.397 e. The smallest absolute Gasteiger partial charge is 0.296 e. The van der Waals surface area contributed by atoms with Crippen LogP contribution in [0.15, 0.2) is 95.9 Å². The van der Waals surface area contributed by atoms with Gasteiger partial charge >= 0.3 is 0 Å². The van der Waals surface area contributed by atoms with Crippen molar-refractivity contribution < 1.29 is 32.1 Å². The van der Waals surface area contributed by atoms with Gasteiger partial charge in [-0.15, -0.1) is 0 Å². The molecule has 11 nitrogen and oxygen atoms in total. The van der Waals surface area contributed by atoms with E-state index in [1.807, 2.05) is 6.92 Å². The fraction of sp³-hybridized carbons (Fsp3) is 0.128. The van der Waals surface area contributed by atoms with Crippen LogP contribution in [0.2, 0.25) is 0 Å². The van der Waals surface area contributed by atoms with Gasteiger partial charge in [0.05, 0.1) is 22.5 Å². The SMILES string of the molecule is Cc1c(CNC(=O)c2ccccc2)c(C)c(Nc2cc(S(=O)(=O)O)c(N)c3c2C(=O)c2ccccc2C3=O)c(C)c1CNC(=O)c1ccccc1.